The third-order valence-corrected chi connectivity index (χ3v) is 1.91. The van der Waals surface area contributed by atoms with E-state index in [9.17, 15) is 4.79 Å². The Hall–Kier alpha value is -2.61. The predicted molar refractivity (Wildman–Crippen MR) is 70.9 cm³/mol. The normalized spacial score (nSPS) is 11.1. The van der Waals surface area contributed by atoms with E-state index in [1.54, 1.807) is 19.0 Å². The lowest BCUT2D eigenvalue weighted by atomic mass is 10.3. The van der Waals surface area contributed by atoms with Crippen LogP contribution in [0.1, 0.15) is 0 Å². The third kappa shape index (κ3) is 4.49. The van der Waals surface area contributed by atoms with Crippen LogP contribution in [0, 0.1) is 11.3 Å². The van der Waals surface area contributed by atoms with Gasteiger partial charge in [-0.2, -0.15) is 10.3 Å². The molecule has 0 radical (unpaired) electrons. The van der Waals surface area contributed by atoms with Crippen LogP contribution in [0.25, 0.3) is 0 Å². The van der Waals surface area contributed by atoms with E-state index in [-0.39, 0.29) is 5.57 Å². The van der Waals surface area contributed by atoms with Gasteiger partial charge in [-0.05, 0) is 12.1 Å². The third-order valence-electron chi connectivity index (χ3n) is 1.91. The van der Waals surface area contributed by atoms with Crippen LogP contribution < -0.4 is 5.32 Å². The van der Waals surface area contributed by atoms with Crippen LogP contribution in [-0.4, -0.2) is 31.2 Å². The Morgan fingerprint density at radius 1 is 1.39 bits per heavy atom. The molecule has 0 fully saturated rings. The van der Waals surface area contributed by atoms with E-state index in [1.807, 2.05) is 36.4 Å². The van der Waals surface area contributed by atoms with Gasteiger partial charge < -0.3 is 10.2 Å². The highest BCUT2D eigenvalue weighted by Gasteiger charge is 2.06. The SMILES string of the molecule is CN(C)C=NC(=O)/C(C#N)=C/Nc1ccccc1. The zero-order valence-electron chi connectivity index (χ0n) is 10.3. The van der Waals surface area contributed by atoms with Crippen molar-refractivity contribution in [1.29, 1.82) is 5.26 Å². The Kier molecular flexibility index (Phi) is 5.13. The number of nitriles is 1. The molecule has 0 saturated carbocycles. The molecule has 0 aromatic heterocycles. The van der Waals surface area contributed by atoms with E-state index in [0.717, 1.165) is 5.69 Å². The lowest BCUT2D eigenvalue weighted by molar-refractivity contribution is -0.114. The molecule has 1 aromatic rings. The molecular weight excluding hydrogens is 228 g/mol. The lowest BCUT2D eigenvalue weighted by Gasteiger charge is -2.02. The van der Waals surface area contributed by atoms with Crippen molar-refractivity contribution in [1.82, 2.24) is 4.90 Å². The van der Waals surface area contributed by atoms with Gasteiger partial charge in [0.05, 0.1) is 6.34 Å². The molecule has 0 aliphatic rings. The molecule has 1 N–H and O–H groups in total. The minimum absolute atomic E-state index is 0.0445. The first kappa shape index (κ1) is 13.5. The lowest BCUT2D eigenvalue weighted by Crippen LogP contribution is -2.10. The molecule has 18 heavy (non-hydrogen) atoms. The Labute approximate surface area is 106 Å². The standard InChI is InChI=1S/C13H14N4O/c1-17(2)10-16-13(18)11(8-14)9-15-12-6-4-3-5-7-12/h3-7,9-10,15H,1-2H3/b11-9+,16-10?. The molecule has 1 aromatic carbocycles. The maximum atomic E-state index is 11.5. The monoisotopic (exact) mass is 242 g/mol. The van der Waals surface area contributed by atoms with Gasteiger partial charge >= 0.3 is 0 Å². The second-order valence-corrected chi connectivity index (χ2v) is 3.69. The summed E-state index contributed by atoms with van der Waals surface area (Å²) in [6, 6.07) is 11.1. The summed E-state index contributed by atoms with van der Waals surface area (Å²) >= 11 is 0. The second kappa shape index (κ2) is 6.86. The van der Waals surface area contributed by atoms with Crippen LogP contribution >= 0.6 is 0 Å². The number of carbonyl (C=O) groups is 1. The number of nitrogens with zero attached hydrogens (tertiary/aromatic N) is 3. The van der Waals surface area contributed by atoms with Gasteiger partial charge in [0.2, 0.25) is 0 Å². The number of aliphatic imine (C=N–C) groups is 1. The summed E-state index contributed by atoms with van der Waals surface area (Å²) in [5, 5.41) is 11.7. The van der Waals surface area contributed by atoms with Crippen molar-refractivity contribution in [2.24, 2.45) is 4.99 Å². The maximum absolute atomic E-state index is 11.5. The molecule has 0 saturated heterocycles. The summed E-state index contributed by atoms with van der Waals surface area (Å²) in [5.74, 6) is -0.574. The van der Waals surface area contributed by atoms with Gasteiger partial charge in [-0.3, -0.25) is 4.79 Å². The molecule has 0 atom stereocenters. The molecule has 0 unspecified atom stereocenters. The molecule has 0 aliphatic heterocycles. The van der Waals surface area contributed by atoms with Crippen molar-refractivity contribution < 1.29 is 4.79 Å². The van der Waals surface area contributed by atoms with Gasteiger partial charge in [-0.25, -0.2) is 0 Å². The van der Waals surface area contributed by atoms with Crippen molar-refractivity contribution >= 4 is 17.9 Å². The van der Waals surface area contributed by atoms with Gasteiger partial charge in [-0.15, -0.1) is 0 Å². The van der Waals surface area contributed by atoms with Crippen LogP contribution in [-0.2, 0) is 4.79 Å². The summed E-state index contributed by atoms with van der Waals surface area (Å²) in [5.41, 5.74) is 0.756. The number of anilines is 1. The minimum Gasteiger partial charge on any atom is -0.369 e. The highest BCUT2D eigenvalue weighted by atomic mass is 16.1. The maximum Gasteiger partial charge on any atom is 0.290 e. The number of para-hydroxylation sites is 1. The average molecular weight is 242 g/mol. The number of hydrogen-bond acceptors (Lipinski definition) is 3. The highest BCUT2D eigenvalue weighted by molar-refractivity contribution is 6.01. The predicted octanol–water partition coefficient (Wildman–Crippen LogP) is 1.62. The number of rotatable bonds is 4. The molecular formula is C13H14N4O. The minimum atomic E-state index is -0.574. The summed E-state index contributed by atoms with van der Waals surface area (Å²) < 4.78 is 0. The summed E-state index contributed by atoms with van der Waals surface area (Å²) in [6.07, 6.45) is 2.71. The fourth-order valence-electron chi connectivity index (χ4n) is 1.07. The number of benzene rings is 1. The summed E-state index contributed by atoms with van der Waals surface area (Å²) in [6.45, 7) is 0. The van der Waals surface area contributed by atoms with Gasteiger partial charge in [0.15, 0.2) is 0 Å². The fraction of sp³-hybridized carbons (Fsp3) is 0.154. The first-order chi connectivity index (χ1) is 8.63. The van der Waals surface area contributed by atoms with Crippen molar-refractivity contribution in [2.75, 3.05) is 19.4 Å². The van der Waals surface area contributed by atoms with Crippen molar-refractivity contribution in [2.45, 2.75) is 0 Å². The molecule has 0 bridgehead atoms. The fourth-order valence-corrected chi connectivity index (χ4v) is 1.07. The van der Waals surface area contributed by atoms with Gasteiger partial charge in [-0.1, -0.05) is 18.2 Å². The number of nitrogens with one attached hydrogen (secondary N) is 1. The Bertz CT molecular complexity index is 497. The largest absolute Gasteiger partial charge is 0.369 e. The van der Waals surface area contributed by atoms with E-state index in [0.29, 0.717) is 0 Å². The average Bonchev–Trinajstić information content (AvgIpc) is 2.38. The Morgan fingerprint density at radius 3 is 2.61 bits per heavy atom. The van der Waals surface area contributed by atoms with Gasteiger partial charge in [0.25, 0.3) is 5.91 Å². The Morgan fingerprint density at radius 2 is 2.06 bits per heavy atom. The van der Waals surface area contributed by atoms with Crippen LogP contribution in [0.4, 0.5) is 5.69 Å². The molecule has 92 valence electrons. The van der Waals surface area contributed by atoms with E-state index in [2.05, 4.69) is 10.3 Å². The smallest absolute Gasteiger partial charge is 0.290 e. The molecule has 0 heterocycles. The first-order valence-electron chi connectivity index (χ1n) is 5.30. The van der Waals surface area contributed by atoms with Crippen molar-refractivity contribution in [3.63, 3.8) is 0 Å². The number of hydrogen-bond donors (Lipinski definition) is 1. The van der Waals surface area contributed by atoms with E-state index in [4.69, 9.17) is 5.26 Å². The zero-order chi connectivity index (χ0) is 13.4. The quantitative estimate of drug-likeness (QED) is 0.377. The van der Waals surface area contributed by atoms with Crippen LogP contribution in [0.3, 0.4) is 0 Å². The second-order valence-electron chi connectivity index (χ2n) is 3.69. The molecule has 5 heteroatoms. The zero-order valence-corrected chi connectivity index (χ0v) is 10.3. The summed E-state index contributed by atoms with van der Waals surface area (Å²) in [4.78, 5) is 16.8. The van der Waals surface area contributed by atoms with E-state index in [1.165, 1.54) is 12.5 Å². The van der Waals surface area contributed by atoms with E-state index >= 15 is 0 Å². The Balaban J connectivity index is 2.72. The van der Waals surface area contributed by atoms with E-state index < -0.39 is 5.91 Å². The van der Waals surface area contributed by atoms with Crippen LogP contribution in [0.5, 0.6) is 0 Å². The molecule has 0 spiro atoms. The van der Waals surface area contributed by atoms with Crippen LogP contribution in [0.15, 0.2) is 47.1 Å². The number of carbonyl (C=O) groups excluding carboxylic acids is 1. The molecule has 1 rings (SSSR count). The van der Waals surface area contributed by atoms with Gasteiger partial charge in [0, 0.05) is 26.0 Å². The topological polar surface area (TPSA) is 68.5 Å². The first-order valence-corrected chi connectivity index (χ1v) is 5.30. The highest BCUT2D eigenvalue weighted by Crippen LogP contribution is 2.06. The molecule has 1 amide bonds. The summed E-state index contributed by atoms with van der Waals surface area (Å²) in [7, 11) is 3.49. The van der Waals surface area contributed by atoms with Crippen molar-refractivity contribution in [3.8, 4) is 6.07 Å². The van der Waals surface area contributed by atoms with Crippen LogP contribution in [0.2, 0.25) is 0 Å². The van der Waals surface area contributed by atoms with Gasteiger partial charge in [0.1, 0.15) is 11.6 Å². The number of amides is 1. The molecule has 5 nitrogen and oxygen atoms in total. The van der Waals surface area contributed by atoms with Crippen molar-refractivity contribution in [3.05, 3.63) is 42.1 Å². The molecule has 0 aliphatic carbocycles.